The first kappa shape index (κ1) is 23.1. The minimum Gasteiger partial charge on any atom is -0.321 e. The molecule has 1 fully saturated rings. The third-order valence-electron chi connectivity index (χ3n) is 5.09. The van der Waals surface area contributed by atoms with E-state index in [0.29, 0.717) is 24.2 Å². The number of carbonyl (C=O) groups excluding carboxylic acids is 2. The smallest absolute Gasteiger partial charge is 0.274 e. The minimum atomic E-state index is -3.26. The molecule has 10 heteroatoms. The predicted molar refractivity (Wildman–Crippen MR) is 128 cm³/mol. The lowest BCUT2D eigenvalue weighted by molar-refractivity contribution is -0.111. The van der Waals surface area contributed by atoms with Crippen molar-refractivity contribution in [2.24, 2.45) is 0 Å². The van der Waals surface area contributed by atoms with E-state index in [9.17, 15) is 22.4 Å². The van der Waals surface area contributed by atoms with Gasteiger partial charge in [0.1, 0.15) is 11.5 Å². The summed E-state index contributed by atoms with van der Waals surface area (Å²) >= 11 is 0. The van der Waals surface area contributed by atoms with Crippen LogP contribution in [-0.4, -0.2) is 37.5 Å². The fourth-order valence-electron chi connectivity index (χ4n) is 3.44. The molecule has 3 aromatic rings. The van der Waals surface area contributed by atoms with Gasteiger partial charge in [-0.15, -0.1) is 0 Å². The summed E-state index contributed by atoms with van der Waals surface area (Å²) in [6, 6.07) is 15.3. The number of pyridine rings is 1. The average Bonchev–Trinajstić information content (AvgIpc) is 3.19. The molecule has 1 saturated heterocycles. The molecule has 1 aliphatic rings. The molecule has 2 amide bonds. The van der Waals surface area contributed by atoms with E-state index >= 15 is 0 Å². The zero-order chi connectivity index (χ0) is 24.1. The van der Waals surface area contributed by atoms with Crippen LogP contribution in [0.2, 0.25) is 0 Å². The first-order valence-electron chi connectivity index (χ1n) is 10.4. The van der Waals surface area contributed by atoms with Crippen LogP contribution in [0.3, 0.4) is 0 Å². The molecule has 34 heavy (non-hydrogen) atoms. The molecular weight excluding hydrogens is 459 g/mol. The van der Waals surface area contributed by atoms with Crippen LogP contribution in [0.25, 0.3) is 6.08 Å². The number of aromatic nitrogens is 1. The van der Waals surface area contributed by atoms with Gasteiger partial charge in [0.25, 0.3) is 5.91 Å². The van der Waals surface area contributed by atoms with Crippen molar-refractivity contribution >= 4 is 45.0 Å². The van der Waals surface area contributed by atoms with Gasteiger partial charge in [-0.3, -0.25) is 18.9 Å². The van der Waals surface area contributed by atoms with Gasteiger partial charge in [-0.25, -0.2) is 12.8 Å². The summed E-state index contributed by atoms with van der Waals surface area (Å²) in [7, 11) is -3.26. The molecule has 1 aromatic heterocycles. The Bertz CT molecular complexity index is 1340. The second-order valence-electron chi connectivity index (χ2n) is 7.51. The van der Waals surface area contributed by atoms with Gasteiger partial charge >= 0.3 is 0 Å². The van der Waals surface area contributed by atoms with E-state index in [-0.39, 0.29) is 22.8 Å². The van der Waals surface area contributed by atoms with Gasteiger partial charge in [-0.1, -0.05) is 18.2 Å². The number of hydrogen-bond donors (Lipinski definition) is 2. The summed E-state index contributed by atoms with van der Waals surface area (Å²) in [6.45, 7) is 0.451. The maximum Gasteiger partial charge on any atom is 0.274 e. The molecule has 0 bridgehead atoms. The zero-order valence-electron chi connectivity index (χ0n) is 17.9. The van der Waals surface area contributed by atoms with Crippen LogP contribution in [0.5, 0.6) is 0 Å². The van der Waals surface area contributed by atoms with E-state index in [1.165, 1.54) is 34.8 Å². The fourth-order valence-corrected chi connectivity index (χ4v) is 5.00. The van der Waals surface area contributed by atoms with Crippen molar-refractivity contribution in [1.29, 1.82) is 0 Å². The van der Waals surface area contributed by atoms with Crippen LogP contribution in [0, 0.1) is 5.82 Å². The maximum atomic E-state index is 13.8. The summed E-state index contributed by atoms with van der Waals surface area (Å²) in [5.74, 6) is -1.48. The average molecular weight is 481 g/mol. The third kappa shape index (κ3) is 5.46. The van der Waals surface area contributed by atoms with Crippen LogP contribution in [0.15, 0.2) is 72.9 Å². The van der Waals surface area contributed by atoms with Gasteiger partial charge in [-0.05, 0) is 60.5 Å². The van der Waals surface area contributed by atoms with Crippen molar-refractivity contribution in [3.63, 3.8) is 0 Å². The summed E-state index contributed by atoms with van der Waals surface area (Å²) < 4.78 is 39.2. The van der Waals surface area contributed by atoms with Crippen LogP contribution < -0.4 is 14.9 Å². The van der Waals surface area contributed by atoms with Crippen molar-refractivity contribution < 1.29 is 22.4 Å². The van der Waals surface area contributed by atoms with E-state index in [1.54, 1.807) is 42.5 Å². The molecule has 0 atom stereocenters. The van der Waals surface area contributed by atoms with E-state index < -0.39 is 27.7 Å². The Morgan fingerprint density at radius 2 is 1.79 bits per heavy atom. The number of nitrogens with zero attached hydrogens (tertiary/aromatic N) is 2. The largest absolute Gasteiger partial charge is 0.321 e. The number of amides is 2. The molecule has 0 saturated carbocycles. The highest BCUT2D eigenvalue weighted by Gasteiger charge is 2.28. The van der Waals surface area contributed by atoms with Gasteiger partial charge in [0.2, 0.25) is 15.9 Å². The number of carbonyl (C=O) groups is 2. The van der Waals surface area contributed by atoms with Crippen LogP contribution in [0.4, 0.5) is 21.5 Å². The quantitative estimate of drug-likeness (QED) is 0.524. The monoisotopic (exact) mass is 480 g/mol. The molecular formula is C24H21FN4O4S. The Labute approximate surface area is 196 Å². The standard InChI is InChI=1S/C24H21FN4O4S/c25-18-8-11-20(28-24(31)21-4-1-2-13-26-21)22(16-18)27-23(30)12-7-17-5-9-19(10-6-17)29-14-3-15-34(29,32)33/h1-2,4-13,16H,3,14-15H2,(H,27,30)(H,28,31)/b12-7+. The first-order chi connectivity index (χ1) is 16.3. The van der Waals surface area contributed by atoms with Crippen molar-refractivity contribution in [1.82, 2.24) is 4.98 Å². The lowest BCUT2D eigenvalue weighted by Crippen LogP contribution is -2.24. The molecule has 0 unspecified atom stereocenters. The fraction of sp³-hybridized carbons (Fsp3) is 0.125. The molecule has 8 nitrogen and oxygen atoms in total. The summed E-state index contributed by atoms with van der Waals surface area (Å²) in [6.07, 6.45) is 4.87. The third-order valence-corrected chi connectivity index (χ3v) is 6.96. The van der Waals surface area contributed by atoms with Crippen molar-refractivity contribution in [3.05, 3.63) is 90.0 Å². The lowest BCUT2D eigenvalue weighted by atomic mass is 10.2. The maximum absolute atomic E-state index is 13.8. The molecule has 4 rings (SSSR count). The first-order valence-corrected chi connectivity index (χ1v) is 12.0. The topological polar surface area (TPSA) is 108 Å². The van der Waals surface area contributed by atoms with Gasteiger partial charge < -0.3 is 10.6 Å². The van der Waals surface area contributed by atoms with E-state index in [2.05, 4.69) is 15.6 Å². The number of anilines is 3. The van der Waals surface area contributed by atoms with Gasteiger partial charge in [-0.2, -0.15) is 0 Å². The van der Waals surface area contributed by atoms with Crippen molar-refractivity contribution in [2.75, 3.05) is 27.2 Å². The Morgan fingerprint density at radius 1 is 1.00 bits per heavy atom. The summed E-state index contributed by atoms with van der Waals surface area (Å²) in [5.41, 5.74) is 1.74. The number of sulfonamides is 1. The molecule has 0 radical (unpaired) electrons. The van der Waals surface area contributed by atoms with Gasteiger partial charge in [0.05, 0.1) is 22.8 Å². The second kappa shape index (κ2) is 9.84. The lowest BCUT2D eigenvalue weighted by Gasteiger charge is -2.16. The molecule has 0 aliphatic carbocycles. The summed E-state index contributed by atoms with van der Waals surface area (Å²) in [4.78, 5) is 28.8. The van der Waals surface area contributed by atoms with Crippen LogP contribution >= 0.6 is 0 Å². The highest BCUT2D eigenvalue weighted by molar-refractivity contribution is 7.93. The SMILES string of the molecule is O=C(/C=C/c1ccc(N2CCCS2(=O)=O)cc1)Nc1cc(F)ccc1NC(=O)c1ccccn1. The number of nitrogens with one attached hydrogen (secondary N) is 2. The van der Waals surface area contributed by atoms with E-state index in [1.807, 2.05) is 0 Å². The Morgan fingerprint density at radius 3 is 2.47 bits per heavy atom. The zero-order valence-corrected chi connectivity index (χ0v) is 18.8. The molecule has 0 spiro atoms. The van der Waals surface area contributed by atoms with Crippen LogP contribution in [0.1, 0.15) is 22.5 Å². The summed E-state index contributed by atoms with van der Waals surface area (Å²) in [5, 5.41) is 5.17. The normalized spacial score (nSPS) is 14.8. The number of rotatable bonds is 6. The highest BCUT2D eigenvalue weighted by Crippen LogP contribution is 2.25. The van der Waals surface area contributed by atoms with E-state index in [0.717, 1.165) is 6.07 Å². The molecule has 174 valence electrons. The second-order valence-corrected chi connectivity index (χ2v) is 9.53. The molecule has 2 heterocycles. The molecule has 2 N–H and O–H groups in total. The number of hydrogen-bond acceptors (Lipinski definition) is 5. The predicted octanol–water partition coefficient (Wildman–Crippen LogP) is 3.66. The highest BCUT2D eigenvalue weighted by atomic mass is 32.2. The van der Waals surface area contributed by atoms with Crippen molar-refractivity contribution in [3.8, 4) is 0 Å². The Balaban J connectivity index is 1.43. The van der Waals surface area contributed by atoms with Gasteiger partial charge in [0.15, 0.2) is 0 Å². The number of halogens is 1. The van der Waals surface area contributed by atoms with Crippen molar-refractivity contribution in [2.45, 2.75) is 6.42 Å². The minimum absolute atomic E-state index is 0.0912. The molecule has 2 aromatic carbocycles. The number of benzene rings is 2. The Hall–Kier alpha value is -4.05. The van der Waals surface area contributed by atoms with Crippen LogP contribution in [-0.2, 0) is 14.8 Å². The Kier molecular flexibility index (Phi) is 6.69. The van der Waals surface area contributed by atoms with Gasteiger partial charge in [0, 0.05) is 18.8 Å². The molecule has 1 aliphatic heterocycles. The van der Waals surface area contributed by atoms with E-state index in [4.69, 9.17) is 0 Å².